The van der Waals surface area contributed by atoms with Crippen LogP contribution >= 0.6 is 0 Å². The molecule has 98 valence electrons. The lowest BCUT2D eigenvalue weighted by Crippen LogP contribution is -2.43. The van der Waals surface area contributed by atoms with E-state index in [2.05, 4.69) is 41.8 Å². The van der Waals surface area contributed by atoms with Gasteiger partial charge in [0.15, 0.2) is 0 Å². The molecule has 1 heterocycles. The minimum atomic E-state index is -0.00322. The quantitative estimate of drug-likeness (QED) is 0.850. The highest BCUT2D eigenvalue weighted by Gasteiger charge is 2.19. The molecular weight excluding hydrogens is 224 g/mol. The van der Waals surface area contributed by atoms with Crippen LogP contribution in [0.2, 0.25) is 0 Å². The molecule has 0 saturated carbocycles. The van der Waals surface area contributed by atoms with Crippen molar-refractivity contribution in [3.8, 4) is 0 Å². The molecule has 1 aromatic rings. The normalized spacial score (nSPS) is 20.3. The minimum Gasteiger partial charge on any atom is -0.355 e. The second-order valence-electron chi connectivity index (χ2n) is 4.97. The van der Waals surface area contributed by atoms with Crippen molar-refractivity contribution < 1.29 is 4.79 Å². The third-order valence-electron chi connectivity index (χ3n) is 3.58. The number of amides is 1. The van der Waals surface area contributed by atoms with Gasteiger partial charge < -0.3 is 10.6 Å². The smallest absolute Gasteiger partial charge is 0.237 e. The number of aryl methyl sites for hydroxylation is 1. The van der Waals surface area contributed by atoms with Gasteiger partial charge in [-0.05, 0) is 50.3 Å². The van der Waals surface area contributed by atoms with Crippen LogP contribution in [0.5, 0.6) is 0 Å². The van der Waals surface area contributed by atoms with Crippen molar-refractivity contribution in [2.24, 2.45) is 0 Å². The number of nitrogens with one attached hydrogen (secondary N) is 2. The van der Waals surface area contributed by atoms with Crippen LogP contribution in [-0.2, 0) is 11.2 Å². The van der Waals surface area contributed by atoms with E-state index in [1.807, 2.05) is 0 Å². The molecule has 1 amide bonds. The van der Waals surface area contributed by atoms with E-state index in [-0.39, 0.29) is 11.9 Å². The summed E-state index contributed by atoms with van der Waals surface area (Å²) >= 11 is 0. The predicted octanol–water partition coefficient (Wildman–Crippen LogP) is 1.80. The Hall–Kier alpha value is -1.35. The summed E-state index contributed by atoms with van der Waals surface area (Å²) in [5, 5.41) is 6.33. The lowest BCUT2D eigenvalue weighted by Gasteiger charge is -2.15. The maximum Gasteiger partial charge on any atom is 0.237 e. The molecule has 0 aromatic heterocycles. The van der Waals surface area contributed by atoms with E-state index in [4.69, 9.17) is 0 Å². The Morgan fingerprint density at radius 3 is 3.00 bits per heavy atom. The molecule has 2 rings (SSSR count). The monoisotopic (exact) mass is 246 g/mol. The SMILES string of the molecule is Cc1ccccc1CCNC1CCCCNC1=O. The Kier molecular flexibility index (Phi) is 4.76. The third kappa shape index (κ3) is 3.57. The second-order valence-corrected chi connectivity index (χ2v) is 4.97. The number of hydrogen-bond donors (Lipinski definition) is 2. The third-order valence-corrected chi connectivity index (χ3v) is 3.58. The number of carbonyl (C=O) groups excluding carboxylic acids is 1. The van der Waals surface area contributed by atoms with E-state index in [9.17, 15) is 4.79 Å². The van der Waals surface area contributed by atoms with E-state index in [1.165, 1.54) is 11.1 Å². The summed E-state index contributed by atoms with van der Waals surface area (Å²) in [4.78, 5) is 11.7. The van der Waals surface area contributed by atoms with Crippen LogP contribution in [-0.4, -0.2) is 25.0 Å². The molecule has 0 radical (unpaired) electrons. The molecule has 1 saturated heterocycles. The summed E-state index contributed by atoms with van der Waals surface area (Å²) in [6.07, 6.45) is 4.17. The van der Waals surface area contributed by atoms with Crippen LogP contribution < -0.4 is 10.6 Å². The molecule has 2 N–H and O–H groups in total. The van der Waals surface area contributed by atoms with Crippen LogP contribution in [0.15, 0.2) is 24.3 Å². The summed E-state index contributed by atoms with van der Waals surface area (Å²) in [6.45, 7) is 3.82. The van der Waals surface area contributed by atoms with E-state index in [0.717, 1.165) is 38.8 Å². The van der Waals surface area contributed by atoms with Gasteiger partial charge in [0.25, 0.3) is 0 Å². The molecular formula is C15H22N2O. The van der Waals surface area contributed by atoms with Gasteiger partial charge in [-0.25, -0.2) is 0 Å². The van der Waals surface area contributed by atoms with Gasteiger partial charge in [-0.3, -0.25) is 4.79 Å². The summed E-state index contributed by atoms with van der Waals surface area (Å²) in [7, 11) is 0. The van der Waals surface area contributed by atoms with E-state index >= 15 is 0 Å². The van der Waals surface area contributed by atoms with E-state index < -0.39 is 0 Å². The number of hydrogen-bond acceptors (Lipinski definition) is 2. The molecule has 0 spiro atoms. The Morgan fingerprint density at radius 1 is 1.33 bits per heavy atom. The van der Waals surface area contributed by atoms with E-state index in [0.29, 0.717) is 0 Å². The Bertz CT molecular complexity index is 403. The Balaban J connectivity index is 1.81. The molecule has 1 atom stereocenters. The lowest BCUT2D eigenvalue weighted by atomic mass is 10.1. The Morgan fingerprint density at radius 2 is 2.17 bits per heavy atom. The molecule has 0 bridgehead atoms. The van der Waals surface area contributed by atoms with Gasteiger partial charge in [-0.1, -0.05) is 24.3 Å². The molecule has 0 aliphatic carbocycles. The molecule has 1 fully saturated rings. The van der Waals surface area contributed by atoms with Crippen LogP contribution in [0.1, 0.15) is 30.4 Å². The van der Waals surface area contributed by atoms with Gasteiger partial charge >= 0.3 is 0 Å². The second kappa shape index (κ2) is 6.55. The van der Waals surface area contributed by atoms with Crippen molar-refractivity contribution in [3.63, 3.8) is 0 Å². The standard InChI is InChI=1S/C15H22N2O/c1-12-6-2-3-7-13(12)9-11-16-14-8-4-5-10-17-15(14)18/h2-3,6-7,14,16H,4-5,8-11H2,1H3,(H,17,18). The number of rotatable bonds is 4. The molecule has 1 aromatic carbocycles. The minimum absolute atomic E-state index is 0.00322. The van der Waals surface area contributed by atoms with Crippen molar-refractivity contribution in [2.45, 2.75) is 38.6 Å². The summed E-state index contributed by atoms with van der Waals surface area (Å²) in [5.74, 6) is 0.164. The summed E-state index contributed by atoms with van der Waals surface area (Å²) in [5.41, 5.74) is 2.68. The van der Waals surface area contributed by atoms with Gasteiger partial charge in [0.2, 0.25) is 5.91 Å². The average molecular weight is 246 g/mol. The van der Waals surface area contributed by atoms with Crippen LogP contribution in [0.4, 0.5) is 0 Å². The van der Waals surface area contributed by atoms with Crippen LogP contribution in [0, 0.1) is 6.92 Å². The molecule has 3 heteroatoms. The first kappa shape index (κ1) is 13.1. The molecule has 1 aliphatic heterocycles. The van der Waals surface area contributed by atoms with Crippen LogP contribution in [0.3, 0.4) is 0 Å². The average Bonchev–Trinajstić information content (AvgIpc) is 2.57. The largest absolute Gasteiger partial charge is 0.355 e. The highest BCUT2D eigenvalue weighted by Crippen LogP contribution is 2.08. The van der Waals surface area contributed by atoms with Gasteiger partial charge in [0, 0.05) is 6.54 Å². The Labute approximate surface area is 109 Å². The summed E-state index contributed by atoms with van der Waals surface area (Å²) < 4.78 is 0. The first-order valence-corrected chi connectivity index (χ1v) is 6.83. The van der Waals surface area contributed by atoms with E-state index in [1.54, 1.807) is 0 Å². The predicted molar refractivity (Wildman–Crippen MR) is 73.5 cm³/mol. The highest BCUT2D eigenvalue weighted by atomic mass is 16.2. The number of carbonyl (C=O) groups is 1. The first-order chi connectivity index (χ1) is 8.77. The molecule has 1 unspecified atom stereocenters. The fraction of sp³-hybridized carbons (Fsp3) is 0.533. The van der Waals surface area contributed by atoms with Crippen molar-refractivity contribution in [3.05, 3.63) is 35.4 Å². The number of benzene rings is 1. The van der Waals surface area contributed by atoms with Gasteiger partial charge in [-0.2, -0.15) is 0 Å². The van der Waals surface area contributed by atoms with Crippen molar-refractivity contribution >= 4 is 5.91 Å². The summed E-state index contributed by atoms with van der Waals surface area (Å²) in [6, 6.07) is 8.42. The fourth-order valence-electron chi connectivity index (χ4n) is 2.41. The van der Waals surface area contributed by atoms with Crippen LogP contribution in [0.25, 0.3) is 0 Å². The van der Waals surface area contributed by atoms with Crippen molar-refractivity contribution in [2.75, 3.05) is 13.1 Å². The maximum absolute atomic E-state index is 11.7. The van der Waals surface area contributed by atoms with Crippen molar-refractivity contribution in [1.29, 1.82) is 0 Å². The molecule has 3 nitrogen and oxygen atoms in total. The zero-order valence-electron chi connectivity index (χ0n) is 11.0. The zero-order chi connectivity index (χ0) is 12.8. The van der Waals surface area contributed by atoms with Gasteiger partial charge in [0.1, 0.15) is 0 Å². The van der Waals surface area contributed by atoms with Crippen molar-refractivity contribution in [1.82, 2.24) is 10.6 Å². The molecule has 18 heavy (non-hydrogen) atoms. The topological polar surface area (TPSA) is 41.1 Å². The maximum atomic E-state index is 11.7. The highest BCUT2D eigenvalue weighted by molar-refractivity contribution is 5.81. The van der Waals surface area contributed by atoms with Gasteiger partial charge in [0.05, 0.1) is 6.04 Å². The lowest BCUT2D eigenvalue weighted by molar-refractivity contribution is -0.122. The fourth-order valence-corrected chi connectivity index (χ4v) is 2.41. The zero-order valence-corrected chi connectivity index (χ0v) is 11.0. The molecule has 1 aliphatic rings. The first-order valence-electron chi connectivity index (χ1n) is 6.83. The van der Waals surface area contributed by atoms with Gasteiger partial charge in [-0.15, -0.1) is 0 Å².